The second-order valence-corrected chi connectivity index (χ2v) is 7.38. The Morgan fingerprint density at radius 3 is 2.73 bits per heavy atom. The first-order valence-corrected chi connectivity index (χ1v) is 9.79. The molecule has 2 N–H and O–H groups in total. The van der Waals surface area contributed by atoms with E-state index in [9.17, 15) is 18.8 Å². The number of hydrogen-bond donors (Lipinski definition) is 2. The second kappa shape index (κ2) is 6.94. The average molecular weight is 423 g/mol. The molecule has 0 fully saturated rings. The van der Waals surface area contributed by atoms with E-state index in [-0.39, 0.29) is 28.5 Å². The van der Waals surface area contributed by atoms with Gasteiger partial charge in [0.2, 0.25) is 0 Å². The molecule has 0 saturated heterocycles. The molecule has 2 aromatic carbocycles. The molecule has 8 nitrogen and oxygen atoms in total. The Bertz CT molecular complexity index is 1290. The molecule has 2 heterocycles. The Morgan fingerprint density at radius 2 is 2.00 bits per heavy atom. The van der Waals surface area contributed by atoms with Gasteiger partial charge >= 0.3 is 5.97 Å². The number of H-pyrrole nitrogens is 1. The predicted octanol–water partition coefficient (Wildman–Crippen LogP) is 4.77. The van der Waals surface area contributed by atoms with Crippen LogP contribution in [0.5, 0.6) is 11.5 Å². The number of para-hydroxylation sites is 1. The fourth-order valence-electron chi connectivity index (χ4n) is 3.25. The van der Waals surface area contributed by atoms with Gasteiger partial charge < -0.3 is 19.4 Å². The molecule has 30 heavy (non-hydrogen) atoms. The van der Waals surface area contributed by atoms with Gasteiger partial charge in [0.25, 0.3) is 0 Å². The van der Waals surface area contributed by atoms with Gasteiger partial charge in [0, 0.05) is 6.07 Å². The van der Waals surface area contributed by atoms with Gasteiger partial charge in [-0.1, -0.05) is 29.4 Å². The van der Waals surface area contributed by atoms with Crippen LogP contribution < -0.4 is 9.04 Å². The summed E-state index contributed by atoms with van der Waals surface area (Å²) in [4.78, 5) is 18.6. The van der Waals surface area contributed by atoms with E-state index in [0.29, 0.717) is 17.0 Å². The topological polar surface area (TPSA) is 114 Å². The first kappa shape index (κ1) is 18.3. The van der Waals surface area contributed by atoms with Crippen molar-refractivity contribution in [3.05, 3.63) is 72.3 Å². The molecule has 2 aromatic rings. The molecule has 0 radical (unpaired) electrons. The van der Waals surface area contributed by atoms with Crippen LogP contribution in [0.4, 0.5) is 21.6 Å². The number of nitrogens with one attached hydrogen (secondary N) is 1. The van der Waals surface area contributed by atoms with Crippen LogP contribution in [0.25, 0.3) is 11.3 Å². The minimum Gasteiger partial charge on any atom is -0.772 e. The molecule has 1 aliphatic carbocycles. The van der Waals surface area contributed by atoms with Gasteiger partial charge in [0.05, 0.1) is 34.5 Å². The Kier molecular flexibility index (Phi) is 4.23. The monoisotopic (exact) mass is 423 g/mol. The molecule has 10 heteroatoms. The van der Waals surface area contributed by atoms with E-state index in [4.69, 9.17) is 4.74 Å². The van der Waals surface area contributed by atoms with Gasteiger partial charge in [-0.25, -0.2) is 18.5 Å². The Balaban J connectivity index is 1.57. The number of carboxylic acid groups (broad SMARTS) is 1. The van der Waals surface area contributed by atoms with E-state index >= 15 is 0 Å². The fourth-order valence-corrected chi connectivity index (χ4v) is 4.25. The summed E-state index contributed by atoms with van der Waals surface area (Å²) >= 11 is -2.04. The number of hydrogen-bond acceptors (Lipinski definition) is 6. The van der Waals surface area contributed by atoms with E-state index in [1.807, 2.05) is 6.07 Å². The summed E-state index contributed by atoms with van der Waals surface area (Å²) in [5, 5.41) is 9.40. The van der Waals surface area contributed by atoms with Crippen molar-refractivity contribution in [1.29, 1.82) is 0 Å². The highest BCUT2D eigenvalue weighted by Crippen LogP contribution is 2.48. The summed E-state index contributed by atoms with van der Waals surface area (Å²) in [6, 6.07) is 14.3. The zero-order valence-electron chi connectivity index (χ0n) is 15.1. The van der Waals surface area contributed by atoms with E-state index in [2.05, 4.69) is 14.3 Å². The van der Waals surface area contributed by atoms with Crippen molar-refractivity contribution in [2.24, 2.45) is 4.36 Å². The lowest BCUT2D eigenvalue weighted by molar-refractivity contribution is 0.0698. The van der Waals surface area contributed by atoms with Gasteiger partial charge in [-0.2, -0.15) is 0 Å². The van der Waals surface area contributed by atoms with Crippen molar-refractivity contribution in [3.8, 4) is 22.8 Å². The van der Waals surface area contributed by atoms with Crippen molar-refractivity contribution in [2.75, 3.05) is 4.31 Å². The standard InChI is InChI=1S/C20H13FN4O4S/c21-14-8-11(6-7-16(14)29-12-4-2-1-3-5-12)25-19-17-15(22-10-23-19)9-13(20(26)27)18(17)24-30(25)28/h1-10H,(H3,22,23,24,26,27,28)/p-1. The highest BCUT2D eigenvalue weighted by molar-refractivity contribution is 7.83. The van der Waals surface area contributed by atoms with E-state index in [0.717, 1.165) is 0 Å². The molecule has 2 aliphatic heterocycles. The van der Waals surface area contributed by atoms with Gasteiger partial charge in [0.15, 0.2) is 17.4 Å². The van der Waals surface area contributed by atoms with Crippen LogP contribution in [0, 0.1) is 5.82 Å². The average Bonchev–Trinajstić information content (AvgIpc) is 3.11. The van der Waals surface area contributed by atoms with Crippen molar-refractivity contribution < 1.29 is 23.6 Å². The highest BCUT2D eigenvalue weighted by Gasteiger charge is 2.31. The third-order valence-corrected chi connectivity index (χ3v) is 5.58. The summed E-state index contributed by atoms with van der Waals surface area (Å²) < 4.78 is 38.4. The summed E-state index contributed by atoms with van der Waals surface area (Å²) in [6.07, 6.45) is 1.35. The number of ether oxygens (including phenoxy) is 1. The molecule has 0 bridgehead atoms. The maximum absolute atomic E-state index is 14.7. The molecule has 150 valence electrons. The zero-order valence-corrected chi connectivity index (χ0v) is 15.9. The second-order valence-electron chi connectivity index (χ2n) is 6.37. The highest BCUT2D eigenvalue weighted by atomic mass is 32.2. The van der Waals surface area contributed by atoms with Gasteiger partial charge in [0.1, 0.15) is 5.75 Å². The van der Waals surface area contributed by atoms with E-state index in [1.165, 1.54) is 34.9 Å². The third-order valence-electron chi connectivity index (χ3n) is 4.55. The summed E-state index contributed by atoms with van der Waals surface area (Å²) in [5.41, 5.74) is 1.11. The Hall–Kier alpha value is -3.76. The number of halogens is 1. The number of anilines is 2. The molecule has 1 atom stereocenters. The maximum Gasteiger partial charge on any atom is 0.338 e. The van der Waals surface area contributed by atoms with Crippen molar-refractivity contribution in [1.82, 2.24) is 9.97 Å². The molecule has 0 aromatic heterocycles. The molecule has 5 rings (SSSR count). The minimum atomic E-state index is -2.04. The number of benzene rings is 2. The summed E-state index contributed by atoms with van der Waals surface area (Å²) in [6.45, 7) is 0. The number of aromatic carboxylic acids is 1. The first-order chi connectivity index (χ1) is 14.5. The Morgan fingerprint density at radius 1 is 1.20 bits per heavy atom. The van der Waals surface area contributed by atoms with Crippen LogP contribution in [0.15, 0.2) is 65.3 Å². The first-order valence-electron chi connectivity index (χ1n) is 8.72. The van der Waals surface area contributed by atoms with Gasteiger partial charge in [-0.15, -0.1) is 0 Å². The van der Waals surface area contributed by atoms with Crippen molar-refractivity contribution in [2.45, 2.75) is 0 Å². The maximum atomic E-state index is 14.7. The van der Waals surface area contributed by atoms with Crippen LogP contribution in [0.3, 0.4) is 0 Å². The van der Waals surface area contributed by atoms with Crippen LogP contribution in [-0.2, 0) is 11.2 Å². The lowest BCUT2D eigenvalue weighted by Gasteiger charge is -2.34. The Labute approximate surface area is 172 Å². The van der Waals surface area contributed by atoms with Crippen LogP contribution in [0.2, 0.25) is 0 Å². The smallest absolute Gasteiger partial charge is 0.338 e. The molecular weight excluding hydrogens is 411 g/mol. The van der Waals surface area contributed by atoms with Crippen LogP contribution in [0.1, 0.15) is 10.4 Å². The van der Waals surface area contributed by atoms with Crippen molar-refractivity contribution in [3.63, 3.8) is 0 Å². The fraction of sp³-hybridized carbons (Fsp3) is 0. The quantitative estimate of drug-likeness (QED) is 0.489. The van der Waals surface area contributed by atoms with Crippen LogP contribution >= 0.6 is 0 Å². The molecule has 1 unspecified atom stereocenters. The largest absolute Gasteiger partial charge is 0.772 e. The SMILES string of the molecule is O=C(O)c1cc2[nH]cnc3c-2c1N=S([O-])N3c1ccc(Oc2ccccc2)c(F)c1. The number of carboxylic acids is 1. The lowest BCUT2D eigenvalue weighted by Crippen LogP contribution is -2.23. The van der Waals surface area contributed by atoms with Gasteiger partial charge in [-0.05, 0) is 30.3 Å². The number of nitrogens with zero attached hydrogens (tertiary/aromatic N) is 3. The summed E-state index contributed by atoms with van der Waals surface area (Å²) in [5.74, 6) is -1.15. The molecule has 3 aliphatic rings. The molecule has 0 spiro atoms. The number of carbonyl (C=O) groups is 1. The van der Waals surface area contributed by atoms with Gasteiger partial charge in [-0.3, -0.25) is 4.31 Å². The zero-order chi connectivity index (χ0) is 20.8. The molecule has 0 amide bonds. The number of rotatable bonds is 4. The van der Waals surface area contributed by atoms with E-state index < -0.39 is 22.9 Å². The number of aromatic amines is 1. The normalized spacial score (nSPS) is 15.1. The predicted molar refractivity (Wildman–Crippen MR) is 107 cm³/mol. The summed E-state index contributed by atoms with van der Waals surface area (Å²) in [7, 11) is 0. The minimum absolute atomic E-state index is 0.00588. The van der Waals surface area contributed by atoms with Crippen LogP contribution in [-0.4, -0.2) is 25.6 Å². The third kappa shape index (κ3) is 2.90. The molecular formula is C20H12FN4O4S-. The number of aromatic nitrogens is 2. The lowest BCUT2D eigenvalue weighted by atomic mass is 10.2. The van der Waals surface area contributed by atoms with E-state index in [1.54, 1.807) is 24.3 Å². The van der Waals surface area contributed by atoms with Crippen molar-refractivity contribution >= 4 is 34.3 Å². The molecule has 0 saturated carbocycles.